The average molecular weight is 531 g/mol. The minimum atomic E-state index is -1.10. The normalized spacial score (nSPS) is 36.9. The number of carbonyl (C=O) groups is 1. The van der Waals surface area contributed by atoms with E-state index in [0.717, 1.165) is 51.1 Å². The Kier molecular flexibility index (Phi) is 6.70. The smallest absolute Gasteiger partial charge is 0.148 e. The number of morpholine rings is 1. The zero-order valence-corrected chi connectivity index (χ0v) is 23.3. The Morgan fingerprint density at radius 3 is 2.62 bits per heavy atom. The molecule has 2 saturated carbocycles. The van der Waals surface area contributed by atoms with Crippen LogP contribution >= 0.6 is 0 Å². The summed E-state index contributed by atoms with van der Waals surface area (Å²) < 4.78 is 21.5. The number of allylic oxidation sites excluding steroid dienone is 4. The van der Waals surface area contributed by atoms with Crippen molar-refractivity contribution in [2.24, 2.45) is 27.8 Å². The molecule has 1 aliphatic heterocycles. The Morgan fingerprint density at radius 2 is 1.95 bits per heavy atom. The van der Waals surface area contributed by atoms with Crippen molar-refractivity contribution in [2.75, 3.05) is 31.2 Å². The first-order valence-corrected chi connectivity index (χ1v) is 14.5. The van der Waals surface area contributed by atoms with Gasteiger partial charge < -0.3 is 14.8 Å². The molecule has 3 fully saturated rings. The van der Waals surface area contributed by atoms with Crippen LogP contribution in [0.2, 0.25) is 0 Å². The molecule has 1 heterocycles. The van der Waals surface area contributed by atoms with Crippen LogP contribution in [0.5, 0.6) is 0 Å². The predicted octanol–water partition coefficient (Wildman–Crippen LogP) is 6.23. The predicted molar refractivity (Wildman–Crippen MR) is 151 cm³/mol. The third kappa shape index (κ3) is 3.99. The summed E-state index contributed by atoms with van der Waals surface area (Å²) in [6, 6.07) is 8.91. The second-order valence-electron chi connectivity index (χ2n) is 12.3. The molecule has 5 nitrogen and oxygen atoms in total. The van der Waals surface area contributed by atoms with Gasteiger partial charge in [-0.3, -0.25) is 4.79 Å². The quantitative estimate of drug-likeness (QED) is 0.286. The van der Waals surface area contributed by atoms with E-state index < -0.39 is 11.6 Å². The van der Waals surface area contributed by atoms with Crippen molar-refractivity contribution in [1.29, 1.82) is 0 Å². The van der Waals surface area contributed by atoms with Crippen LogP contribution in [0.15, 0.2) is 52.2 Å². The first-order valence-electron chi connectivity index (χ1n) is 14.5. The van der Waals surface area contributed by atoms with Crippen molar-refractivity contribution in [3.05, 3.63) is 52.6 Å². The van der Waals surface area contributed by atoms with Gasteiger partial charge in [0, 0.05) is 24.7 Å². The molecule has 1 aromatic rings. The van der Waals surface area contributed by atoms with E-state index in [1.165, 1.54) is 16.8 Å². The molecule has 39 heavy (non-hydrogen) atoms. The average Bonchev–Trinajstić information content (AvgIpc) is 3.26. The molecule has 6 heteroatoms. The van der Waals surface area contributed by atoms with Crippen LogP contribution in [0.1, 0.15) is 70.8 Å². The number of alkyl halides is 1. The lowest BCUT2D eigenvalue weighted by atomic mass is 9.48. The molecule has 6 atom stereocenters. The highest BCUT2D eigenvalue weighted by atomic mass is 19.1. The lowest BCUT2D eigenvalue weighted by Crippen LogP contribution is -2.51. The van der Waals surface area contributed by atoms with E-state index in [2.05, 4.69) is 53.1 Å². The molecular formula is C33H39FN2O3. The van der Waals surface area contributed by atoms with Crippen LogP contribution in [0, 0.1) is 34.5 Å². The number of halogens is 1. The van der Waals surface area contributed by atoms with Gasteiger partial charge in [0.25, 0.3) is 0 Å². The third-order valence-corrected chi connectivity index (χ3v) is 10.7. The molecule has 0 spiro atoms. The molecule has 0 amide bonds. The molecule has 0 radical (unpaired) electrons. The van der Waals surface area contributed by atoms with Crippen molar-refractivity contribution < 1.29 is 19.1 Å². The highest BCUT2D eigenvalue weighted by molar-refractivity contribution is 5.97. The Bertz CT molecular complexity index is 1310. The summed E-state index contributed by atoms with van der Waals surface area (Å²) in [6.07, 6.45) is 4.86. The molecular weight excluding hydrogens is 491 g/mol. The highest BCUT2D eigenvalue weighted by Gasteiger charge is 2.65. The first kappa shape index (κ1) is 26.3. The van der Waals surface area contributed by atoms with E-state index >= 15 is 4.39 Å². The number of hydrogen-bond acceptors (Lipinski definition) is 5. The van der Waals surface area contributed by atoms with Gasteiger partial charge in [-0.2, -0.15) is 0 Å². The molecule has 1 N–H and O–H groups in total. The zero-order valence-electron chi connectivity index (χ0n) is 23.3. The van der Waals surface area contributed by atoms with Gasteiger partial charge in [-0.25, -0.2) is 4.39 Å². The number of carbonyl (C=O) groups excluding carboxylic acids is 1. The fourth-order valence-electron chi connectivity index (χ4n) is 8.87. The van der Waals surface area contributed by atoms with E-state index in [1.807, 2.05) is 6.92 Å². The van der Waals surface area contributed by atoms with E-state index in [9.17, 15) is 10.0 Å². The second-order valence-corrected chi connectivity index (χ2v) is 12.3. The van der Waals surface area contributed by atoms with Crippen molar-refractivity contribution in [2.45, 2.75) is 71.4 Å². The van der Waals surface area contributed by atoms with Gasteiger partial charge in [0.1, 0.15) is 12.0 Å². The van der Waals surface area contributed by atoms with Crippen LogP contribution in [0.4, 0.5) is 10.1 Å². The summed E-state index contributed by atoms with van der Waals surface area (Å²) in [7, 11) is 0. The standard InChI is InChI=1S/C33H39FN2O3/c1-4-12-33(21(2)37)13-11-29-27-19-30(34)26-18-23(35-38)7-10-25(26)31(27)28(20-32(29,33)3)22-5-8-24(9-6-22)36-14-16-39-17-15-36/h5-6,8-9,18,27-30,38H,7,10-11,13-17,19-20H2,1-3H3/b35-23+/t27-,28+,29-,30?,32-,33+/m0/s1. The molecule has 1 aromatic carbocycles. The first-order chi connectivity index (χ1) is 18.8. The van der Waals surface area contributed by atoms with Crippen LogP contribution in [-0.2, 0) is 9.53 Å². The lowest BCUT2D eigenvalue weighted by Gasteiger charge is -2.55. The number of benzene rings is 1. The maximum Gasteiger partial charge on any atom is 0.148 e. The SMILES string of the molecule is CC#C[C@]1(C(C)=O)CC[C@H]2[C@@H]3CC(F)C4=C/C(=N/O)CCC4=C3[C@@H](c3ccc(N4CCOCC4)cc3)C[C@@]21C. The summed E-state index contributed by atoms with van der Waals surface area (Å²) in [6.45, 7) is 9.06. The Balaban J connectivity index is 1.49. The minimum absolute atomic E-state index is 0.0716. The number of nitrogens with zero attached hydrogens (tertiary/aromatic N) is 2. The van der Waals surface area contributed by atoms with Gasteiger partial charge in [0.05, 0.1) is 24.3 Å². The summed E-state index contributed by atoms with van der Waals surface area (Å²) in [5, 5.41) is 12.8. The number of oxime groups is 1. The van der Waals surface area contributed by atoms with E-state index in [0.29, 0.717) is 30.5 Å². The zero-order chi connectivity index (χ0) is 27.4. The fraction of sp³-hybridized carbons (Fsp3) is 0.576. The number of anilines is 1. The van der Waals surface area contributed by atoms with E-state index in [4.69, 9.17) is 4.74 Å². The topological polar surface area (TPSA) is 62.1 Å². The van der Waals surface area contributed by atoms with Crippen molar-refractivity contribution >= 4 is 17.2 Å². The lowest BCUT2D eigenvalue weighted by molar-refractivity contribution is -0.130. The number of fused-ring (bicyclic) bond motifs is 4. The third-order valence-electron chi connectivity index (χ3n) is 10.7. The fourth-order valence-corrected chi connectivity index (χ4v) is 8.87. The summed E-state index contributed by atoms with van der Waals surface area (Å²) >= 11 is 0. The molecule has 0 bridgehead atoms. The number of ether oxygens (including phenoxy) is 1. The van der Waals surface area contributed by atoms with Gasteiger partial charge in [-0.1, -0.05) is 35.7 Å². The van der Waals surface area contributed by atoms with Gasteiger partial charge in [-0.15, -0.1) is 5.92 Å². The molecule has 6 rings (SSSR count). The van der Waals surface area contributed by atoms with Gasteiger partial charge >= 0.3 is 0 Å². The summed E-state index contributed by atoms with van der Waals surface area (Å²) in [5.41, 5.74) is 5.12. The van der Waals surface area contributed by atoms with Crippen molar-refractivity contribution in [1.82, 2.24) is 0 Å². The molecule has 1 saturated heterocycles. The van der Waals surface area contributed by atoms with E-state index in [-0.39, 0.29) is 29.0 Å². The summed E-state index contributed by atoms with van der Waals surface area (Å²) in [4.78, 5) is 15.7. The number of hydrogen-bond donors (Lipinski definition) is 1. The Hall–Kier alpha value is -2.91. The Labute approximate surface area is 231 Å². The summed E-state index contributed by atoms with van der Waals surface area (Å²) in [5.74, 6) is 7.04. The van der Waals surface area contributed by atoms with Crippen molar-refractivity contribution in [3.63, 3.8) is 0 Å². The molecule has 206 valence electrons. The van der Waals surface area contributed by atoms with Gasteiger partial charge in [-0.05, 0) is 105 Å². The molecule has 0 aromatic heterocycles. The maximum atomic E-state index is 15.9. The second kappa shape index (κ2) is 9.93. The van der Waals surface area contributed by atoms with Crippen LogP contribution < -0.4 is 4.90 Å². The van der Waals surface area contributed by atoms with Crippen molar-refractivity contribution in [3.8, 4) is 11.8 Å². The number of ketones is 1. The van der Waals surface area contributed by atoms with Gasteiger partial charge in [0.15, 0.2) is 0 Å². The van der Waals surface area contributed by atoms with Crippen LogP contribution in [0.3, 0.4) is 0 Å². The number of Topliss-reactive ketones (excluding diaryl/α,β-unsaturated/α-hetero) is 1. The minimum Gasteiger partial charge on any atom is -0.411 e. The molecule has 1 unspecified atom stereocenters. The van der Waals surface area contributed by atoms with Gasteiger partial charge in [0.2, 0.25) is 0 Å². The van der Waals surface area contributed by atoms with E-state index in [1.54, 1.807) is 13.0 Å². The monoisotopic (exact) mass is 530 g/mol. The highest BCUT2D eigenvalue weighted by Crippen LogP contribution is 2.69. The largest absolute Gasteiger partial charge is 0.411 e. The molecule has 5 aliphatic rings. The van der Waals surface area contributed by atoms with Crippen LogP contribution in [0.25, 0.3) is 0 Å². The Morgan fingerprint density at radius 1 is 1.21 bits per heavy atom. The molecule has 4 aliphatic carbocycles. The number of rotatable bonds is 3. The maximum absolute atomic E-state index is 15.9. The van der Waals surface area contributed by atoms with Crippen LogP contribution in [-0.4, -0.2) is 49.2 Å².